The van der Waals surface area contributed by atoms with Crippen LogP contribution in [0.5, 0.6) is 0 Å². The number of nitrogens with one attached hydrogen (secondary N) is 1. The van der Waals surface area contributed by atoms with Crippen molar-refractivity contribution in [2.75, 3.05) is 13.2 Å². The molecule has 17 heavy (non-hydrogen) atoms. The molecule has 3 heteroatoms. The van der Waals surface area contributed by atoms with Crippen molar-refractivity contribution in [3.05, 3.63) is 35.4 Å². The van der Waals surface area contributed by atoms with Gasteiger partial charge in [-0.25, -0.2) is 0 Å². The molecule has 0 saturated carbocycles. The van der Waals surface area contributed by atoms with E-state index in [9.17, 15) is 0 Å². The molecule has 1 aromatic carbocycles. The zero-order chi connectivity index (χ0) is 12.1. The molecule has 1 heterocycles. The molecule has 2 rings (SSSR count). The van der Waals surface area contributed by atoms with Crippen molar-refractivity contribution in [1.82, 2.24) is 5.32 Å². The molecule has 1 fully saturated rings. The normalized spacial score (nSPS) is 21.1. The maximum atomic E-state index is 8.83. The van der Waals surface area contributed by atoms with Gasteiger partial charge in [-0.2, -0.15) is 5.26 Å². The van der Waals surface area contributed by atoms with Crippen LogP contribution in [0, 0.1) is 17.2 Å². The zero-order valence-corrected chi connectivity index (χ0v) is 10.1. The number of benzene rings is 1. The summed E-state index contributed by atoms with van der Waals surface area (Å²) in [4.78, 5) is 0. The lowest BCUT2D eigenvalue weighted by Crippen LogP contribution is -2.33. The molecule has 0 aliphatic carbocycles. The number of hydrogen-bond donors (Lipinski definition) is 1. The zero-order valence-electron chi connectivity index (χ0n) is 10.1. The van der Waals surface area contributed by atoms with E-state index in [0.29, 0.717) is 12.0 Å². The highest BCUT2D eigenvalue weighted by Gasteiger charge is 2.21. The molecule has 3 nitrogen and oxygen atoms in total. The van der Waals surface area contributed by atoms with Gasteiger partial charge in [-0.3, -0.25) is 0 Å². The van der Waals surface area contributed by atoms with Crippen LogP contribution >= 0.6 is 0 Å². The molecule has 1 aliphatic rings. The van der Waals surface area contributed by atoms with E-state index in [0.717, 1.165) is 37.3 Å². The van der Waals surface area contributed by atoms with Crippen LogP contribution in [0.2, 0.25) is 0 Å². The van der Waals surface area contributed by atoms with Crippen LogP contribution in [-0.4, -0.2) is 19.3 Å². The van der Waals surface area contributed by atoms with E-state index in [4.69, 9.17) is 10.00 Å². The lowest BCUT2D eigenvalue weighted by molar-refractivity contribution is 0.178. The molecule has 1 aliphatic heterocycles. The highest BCUT2D eigenvalue weighted by atomic mass is 16.5. The number of hydrogen-bond acceptors (Lipinski definition) is 3. The quantitative estimate of drug-likeness (QED) is 0.861. The fourth-order valence-corrected chi connectivity index (χ4v) is 2.14. The highest BCUT2D eigenvalue weighted by Crippen LogP contribution is 2.16. The molecule has 0 aromatic heterocycles. The Hall–Kier alpha value is -1.37. The van der Waals surface area contributed by atoms with Crippen LogP contribution in [0.4, 0.5) is 0 Å². The summed E-state index contributed by atoms with van der Waals surface area (Å²) in [6.45, 7) is 4.77. The van der Waals surface area contributed by atoms with Gasteiger partial charge in [0, 0.05) is 19.2 Å². The van der Waals surface area contributed by atoms with Gasteiger partial charge in [-0.05, 0) is 37.0 Å². The van der Waals surface area contributed by atoms with E-state index >= 15 is 0 Å². The first kappa shape index (κ1) is 12.1. The van der Waals surface area contributed by atoms with Crippen molar-refractivity contribution in [1.29, 1.82) is 5.26 Å². The third-order valence-electron chi connectivity index (χ3n) is 3.36. The standard InChI is InChI=1S/C14H18N2O/c1-11(14-5-6-17-10-14)16-9-13-4-2-3-12(7-13)8-15/h2-4,7,11,14,16H,5-6,9-10H2,1H3. The molecule has 90 valence electrons. The van der Waals surface area contributed by atoms with Gasteiger partial charge in [0.15, 0.2) is 0 Å². The van der Waals surface area contributed by atoms with Crippen molar-refractivity contribution < 1.29 is 4.74 Å². The first-order valence-corrected chi connectivity index (χ1v) is 6.10. The first-order valence-electron chi connectivity index (χ1n) is 6.10. The Morgan fingerprint density at radius 1 is 1.59 bits per heavy atom. The van der Waals surface area contributed by atoms with E-state index < -0.39 is 0 Å². The molecular weight excluding hydrogens is 212 g/mol. The molecule has 0 bridgehead atoms. The van der Waals surface area contributed by atoms with Crippen molar-refractivity contribution in [3.8, 4) is 6.07 Å². The fraction of sp³-hybridized carbons (Fsp3) is 0.500. The fourth-order valence-electron chi connectivity index (χ4n) is 2.14. The summed E-state index contributed by atoms with van der Waals surface area (Å²) in [5, 5.41) is 12.3. The molecule has 0 spiro atoms. The van der Waals surface area contributed by atoms with Gasteiger partial charge in [-0.1, -0.05) is 12.1 Å². The van der Waals surface area contributed by atoms with Crippen LogP contribution in [0.25, 0.3) is 0 Å². The Kier molecular flexibility index (Phi) is 4.13. The lowest BCUT2D eigenvalue weighted by Gasteiger charge is -2.19. The Balaban J connectivity index is 1.86. The summed E-state index contributed by atoms with van der Waals surface area (Å²) < 4.78 is 5.38. The summed E-state index contributed by atoms with van der Waals surface area (Å²) in [7, 11) is 0. The predicted molar refractivity (Wildman–Crippen MR) is 66.4 cm³/mol. The first-order chi connectivity index (χ1) is 8.29. The van der Waals surface area contributed by atoms with E-state index in [1.807, 2.05) is 24.3 Å². The molecule has 0 amide bonds. The largest absolute Gasteiger partial charge is 0.381 e. The Morgan fingerprint density at radius 2 is 2.47 bits per heavy atom. The summed E-state index contributed by atoms with van der Waals surface area (Å²) in [5.74, 6) is 0.620. The highest BCUT2D eigenvalue weighted by molar-refractivity contribution is 5.32. The molecule has 2 unspecified atom stereocenters. The molecular formula is C14H18N2O. The monoisotopic (exact) mass is 230 g/mol. The van der Waals surface area contributed by atoms with E-state index in [1.165, 1.54) is 0 Å². The van der Waals surface area contributed by atoms with Gasteiger partial charge in [0.1, 0.15) is 0 Å². The Bertz CT molecular complexity index is 405. The topological polar surface area (TPSA) is 45.0 Å². The number of ether oxygens (including phenoxy) is 1. The smallest absolute Gasteiger partial charge is 0.0991 e. The molecule has 0 radical (unpaired) electrons. The van der Waals surface area contributed by atoms with Gasteiger partial charge in [0.2, 0.25) is 0 Å². The van der Waals surface area contributed by atoms with Gasteiger partial charge in [-0.15, -0.1) is 0 Å². The van der Waals surface area contributed by atoms with E-state index in [1.54, 1.807) is 0 Å². The van der Waals surface area contributed by atoms with Crippen molar-refractivity contribution in [2.45, 2.75) is 25.9 Å². The van der Waals surface area contributed by atoms with Gasteiger partial charge in [0.25, 0.3) is 0 Å². The third-order valence-corrected chi connectivity index (χ3v) is 3.36. The van der Waals surface area contributed by atoms with E-state index in [2.05, 4.69) is 18.3 Å². The summed E-state index contributed by atoms with van der Waals surface area (Å²) in [6, 6.07) is 10.4. The van der Waals surface area contributed by atoms with Crippen LogP contribution in [0.1, 0.15) is 24.5 Å². The Morgan fingerprint density at radius 3 is 3.18 bits per heavy atom. The van der Waals surface area contributed by atoms with Gasteiger partial charge < -0.3 is 10.1 Å². The predicted octanol–water partition coefficient (Wildman–Crippen LogP) is 2.07. The van der Waals surface area contributed by atoms with Crippen LogP contribution < -0.4 is 5.32 Å². The molecule has 1 N–H and O–H groups in total. The minimum Gasteiger partial charge on any atom is -0.381 e. The number of nitriles is 1. The molecule has 1 aromatic rings. The maximum Gasteiger partial charge on any atom is 0.0991 e. The average Bonchev–Trinajstić information content (AvgIpc) is 2.90. The van der Waals surface area contributed by atoms with Crippen LogP contribution in [0.3, 0.4) is 0 Å². The van der Waals surface area contributed by atoms with Crippen molar-refractivity contribution in [3.63, 3.8) is 0 Å². The minimum absolute atomic E-state index is 0.461. The lowest BCUT2D eigenvalue weighted by atomic mass is 10.0. The second kappa shape index (κ2) is 5.81. The summed E-state index contributed by atoms with van der Waals surface area (Å²) in [5.41, 5.74) is 1.89. The third kappa shape index (κ3) is 3.29. The van der Waals surface area contributed by atoms with Gasteiger partial charge in [0.05, 0.1) is 18.2 Å². The van der Waals surface area contributed by atoms with Crippen LogP contribution in [-0.2, 0) is 11.3 Å². The number of rotatable bonds is 4. The summed E-state index contributed by atoms with van der Waals surface area (Å²) >= 11 is 0. The van der Waals surface area contributed by atoms with Crippen LogP contribution in [0.15, 0.2) is 24.3 Å². The Labute approximate surface area is 102 Å². The van der Waals surface area contributed by atoms with Gasteiger partial charge >= 0.3 is 0 Å². The second-order valence-corrected chi connectivity index (χ2v) is 4.61. The number of nitrogens with zero attached hydrogens (tertiary/aromatic N) is 1. The SMILES string of the molecule is CC(NCc1cccc(C#N)c1)C1CCOC1. The van der Waals surface area contributed by atoms with E-state index in [-0.39, 0.29) is 0 Å². The maximum absolute atomic E-state index is 8.83. The average molecular weight is 230 g/mol. The molecule has 2 atom stereocenters. The second-order valence-electron chi connectivity index (χ2n) is 4.61. The molecule has 1 saturated heterocycles. The minimum atomic E-state index is 0.461. The van der Waals surface area contributed by atoms with Crippen molar-refractivity contribution >= 4 is 0 Å². The van der Waals surface area contributed by atoms with Crippen molar-refractivity contribution in [2.24, 2.45) is 5.92 Å². The summed E-state index contributed by atoms with van der Waals surface area (Å²) in [6.07, 6.45) is 1.15.